The second-order valence-electron chi connectivity index (χ2n) is 8.04. The van der Waals surface area contributed by atoms with Gasteiger partial charge in [-0.3, -0.25) is 4.79 Å². The van der Waals surface area contributed by atoms with Crippen LogP contribution in [0.3, 0.4) is 0 Å². The molecule has 3 N–H and O–H groups in total. The monoisotopic (exact) mass is 411 g/mol. The van der Waals surface area contributed by atoms with Gasteiger partial charge in [0, 0.05) is 17.1 Å². The zero-order chi connectivity index (χ0) is 21.1. The Morgan fingerprint density at radius 1 is 1.07 bits per heavy atom. The van der Waals surface area contributed by atoms with E-state index in [1.54, 1.807) is 7.11 Å². The van der Waals surface area contributed by atoms with E-state index in [1.807, 2.05) is 24.3 Å². The van der Waals surface area contributed by atoms with E-state index in [2.05, 4.69) is 16.0 Å². The van der Waals surface area contributed by atoms with Gasteiger partial charge in [-0.15, -0.1) is 0 Å². The number of urea groups is 1. The number of benzene rings is 2. The molecular weight excluding hydrogens is 385 g/mol. The highest BCUT2D eigenvalue weighted by atomic mass is 19.1. The van der Waals surface area contributed by atoms with Gasteiger partial charge in [0.15, 0.2) is 0 Å². The summed E-state index contributed by atoms with van der Waals surface area (Å²) in [5.74, 6) is 0.00405. The third-order valence-corrected chi connectivity index (χ3v) is 6.19. The topological polar surface area (TPSA) is 79.5 Å². The summed E-state index contributed by atoms with van der Waals surface area (Å²) in [5, 5.41) is 8.75. The molecule has 158 valence electrons. The van der Waals surface area contributed by atoms with Crippen LogP contribution in [0.1, 0.15) is 43.6 Å². The van der Waals surface area contributed by atoms with E-state index in [0.29, 0.717) is 5.69 Å². The Hall–Kier alpha value is -3.09. The largest absolute Gasteiger partial charge is 0.497 e. The molecule has 2 atom stereocenters. The number of amides is 3. The SMILES string of the molecule is COc1ccc(C2[C@H](NC(=O)Nc3ccc(F)cc3)C(=O)NC23CCCCC3)cc1. The number of ether oxygens (including phenoxy) is 1. The van der Waals surface area contributed by atoms with Gasteiger partial charge in [-0.1, -0.05) is 31.4 Å². The first-order valence-electron chi connectivity index (χ1n) is 10.3. The zero-order valence-electron chi connectivity index (χ0n) is 16.9. The van der Waals surface area contributed by atoms with E-state index in [4.69, 9.17) is 4.74 Å². The fraction of sp³-hybridized carbons (Fsp3) is 0.391. The number of halogens is 1. The predicted octanol–water partition coefficient (Wildman–Crippen LogP) is 3.94. The van der Waals surface area contributed by atoms with Crippen molar-refractivity contribution in [1.82, 2.24) is 10.6 Å². The minimum absolute atomic E-state index is 0.174. The number of hydrogen-bond donors (Lipinski definition) is 3. The molecule has 2 aliphatic rings. The summed E-state index contributed by atoms with van der Waals surface area (Å²) >= 11 is 0. The number of carbonyl (C=O) groups is 2. The Labute approximate surface area is 175 Å². The van der Waals surface area contributed by atoms with Crippen molar-refractivity contribution < 1.29 is 18.7 Å². The molecule has 2 aromatic carbocycles. The molecule has 4 rings (SSSR count). The second-order valence-corrected chi connectivity index (χ2v) is 8.04. The van der Waals surface area contributed by atoms with Crippen molar-refractivity contribution in [2.75, 3.05) is 12.4 Å². The average Bonchev–Trinajstić information content (AvgIpc) is 3.00. The molecule has 30 heavy (non-hydrogen) atoms. The van der Waals surface area contributed by atoms with Crippen LogP contribution in [-0.4, -0.2) is 30.6 Å². The summed E-state index contributed by atoms with van der Waals surface area (Å²) < 4.78 is 18.4. The van der Waals surface area contributed by atoms with Crippen molar-refractivity contribution in [2.24, 2.45) is 0 Å². The average molecular weight is 411 g/mol. The summed E-state index contributed by atoms with van der Waals surface area (Å²) in [6, 6.07) is 12.0. The molecule has 1 saturated heterocycles. The highest BCUT2D eigenvalue weighted by molar-refractivity contribution is 5.96. The van der Waals surface area contributed by atoms with E-state index < -0.39 is 12.1 Å². The zero-order valence-corrected chi connectivity index (χ0v) is 16.9. The highest BCUT2D eigenvalue weighted by Crippen LogP contribution is 2.45. The Morgan fingerprint density at radius 2 is 1.73 bits per heavy atom. The lowest BCUT2D eigenvalue weighted by atomic mass is 9.70. The molecule has 1 aliphatic heterocycles. The lowest BCUT2D eigenvalue weighted by Gasteiger charge is -2.39. The van der Waals surface area contributed by atoms with Crippen molar-refractivity contribution in [3.63, 3.8) is 0 Å². The van der Waals surface area contributed by atoms with E-state index >= 15 is 0 Å². The van der Waals surface area contributed by atoms with Crippen LogP contribution in [0.15, 0.2) is 48.5 Å². The molecular formula is C23H26FN3O3. The van der Waals surface area contributed by atoms with Crippen molar-refractivity contribution >= 4 is 17.6 Å². The van der Waals surface area contributed by atoms with E-state index in [-0.39, 0.29) is 23.2 Å². The van der Waals surface area contributed by atoms with E-state index in [1.165, 1.54) is 24.3 Å². The van der Waals surface area contributed by atoms with Gasteiger partial charge in [-0.25, -0.2) is 9.18 Å². The molecule has 3 amide bonds. The number of nitrogens with one attached hydrogen (secondary N) is 3. The van der Waals surface area contributed by atoms with Crippen molar-refractivity contribution in [3.05, 3.63) is 59.9 Å². The van der Waals surface area contributed by atoms with Crippen molar-refractivity contribution in [1.29, 1.82) is 0 Å². The van der Waals surface area contributed by atoms with Crippen LogP contribution >= 0.6 is 0 Å². The fourth-order valence-corrected chi connectivity index (χ4v) is 4.80. The van der Waals surface area contributed by atoms with Crippen LogP contribution in [0.2, 0.25) is 0 Å². The van der Waals surface area contributed by atoms with Gasteiger partial charge in [0.25, 0.3) is 0 Å². The summed E-state index contributed by atoms with van der Waals surface area (Å²) in [4.78, 5) is 25.6. The quantitative estimate of drug-likeness (QED) is 0.713. The molecule has 1 saturated carbocycles. The second kappa shape index (κ2) is 8.34. The molecule has 7 heteroatoms. The summed E-state index contributed by atoms with van der Waals surface area (Å²) in [5.41, 5.74) is 1.08. The van der Waals surface area contributed by atoms with Crippen LogP contribution in [0.25, 0.3) is 0 Å². The van der Waals surface area contributed by atoms with Crippen LogP contribution in [0.5, 0.6) is 5.75 Å². The lowest BCUT2D eigenvalue weighted by Crippen LogP contribution is -2.48. The summed E-state index contributed by atoms with van der Waals surface area (Å²) in [7, 11) is 1.61. The van der Waals surface area contributed by atoms with Gasteiger partial charge in [0.2, 0.25) is 5.91 Å². The molecule has 6 nitrogen and oxygen atoms in total. The maximum Gasteiger partial charge on any atom is 0.319 e. The molecule has 1 aliphatic carbocycles. The van der Waals surface area contributed by atoms with Gasteiger partial charge in [0.1, 0.15) is 17.6 Å². The smallest absolute Gasteiger partial charge is 0.319 e. The number of rotatable bonds is 4. The van der Waals surface area contributed by atoms with Crippen LogP contribution < -0.4 is 20.7 Å². The summed E-state index contributed by atoms with van der Waals surface area (Å²) in [6.07, 6.45) is 5.00. The standard InChI is InChI=1S/C23H26FN3O3/c1-30-18-11-5-15(6-12-18)19-20(21(28)27-23(19)13-3-2-4-14-23)26-22(29)25-17-9-7-16(24)8-10-17/h5-12,19-20H,2-4,13-14H2,1H3,(H,27,28)(H2,25,26,29)/t19?,20-/m0/s1. The highest BCUT2D eigenvalue weighted by Gasteiger charge is 2.54. The Balaban J connectivity index is 1.59. The van der Waals surface area contributed by atoms with Gasteiger partial charge < -0.3 is 20.7 Å². The summed E-state index contributed by atoms with van der Waals surface area (Å²) in [6.45, 7) is 0. The minimum atomic E-state index is -0.697. The van der Waals surface area contributed by atoms with Crippen LogP contribution in [0.4, 0.5) is 14.9 Å². The van der Waals surface area contributed by atoms with Gasteiger partial charge >= 0.3 is 6.03 Å². The minimum Gasteiger partial charge on any atom is -0.497 e. The first kappa shape index (κ1) is 20.2. The number of methoxy groups -OCH3 is 1. The molecule has 2 aromatic rings. The van der Waals surface area contributed by atoms with Crippen molar-refractivity contribution in [2.45, 2.75) is 49.6 Å². The van der Waals surface area contributed by atoms with Gasteiger partial charge in [0.05, 0.1) is 7.11 Å². The Morgan fingerprint density at radius 3 is 2.37 bits per heavy atom. The Kier molecular flexibility index (Phi) is 5.61. The number of hydrogen-bond acceptors (Lipinski definition) is 3. The first-order chi connectivity index (χ1) is 14.5. The molecule has 0 bridgehead atoms. The first-order valence-corrected chi connectivity index (χ1v) is 10.3. The molecule has 1 spiro atoms. The van der Waals surface area contributed by atoms with E-state index in [0.717, 1.165) is 43.4 Å². The molecule has 1 unspecified atom stereocenters. The maximum atomic E-state index is 13.1. The third-order valence-electron chi connectivity index (χ3n) is 6.19. The lowest BCUT2D eigenvalue weighted by molar-refractivity contribution is -0.121. The molecule has 0 aromatic heterocycles. The third kappa shape index (κ3) is 3.97. The van der Waals surface area contributed by atoms with Crippen LogP contribution in [0, 0.1) is 5.82 Å². The van der Waals surface area contributed by atoms with Crippen molar-refractivity contribution in [3.8, 4) is 5.75 Å². The molecule has 2 fully saturated rings. The fourth-order valence-electron chi connectivity index (χ4n) is 4.80. The Bertz CT molecular complexity index is 908. The number of anilines is 1. The maximum absolute atomic E-state index is 13.1. The van der Waals surface area contributed by atoms with Gasteiger partial charge in [-0.2, -0.15) is 0 Å². The van der Waals surface area contributed by atoms with E-state index in [9.17, 15) is 14.0 Å². The molecule has 0 radical (unpaired) electrons. The van der Waals surface area contributed by atoms with Crippen LogP contribution in [-0.2, 0) is 4.79 Å². The predicted molar refractivity (Wildman–Crippen MR) is 112 cm³/mol. The normalized spacial score (nSPS) is 22.4. The number of carbonyl (C=O) groups excluding carboxylic acids is 2. The van der Waals surface area contributed by atoms with Gasteiger partial charge in [-0.05, 0) is 54.8 Å². The molecule has 1 heterocycles.